The lowest BCUT2D eigenvalue weighted by atomic mass is 9.87. The average Bonchev–Trinajstić information content (AvgIpc) is 2.83. The van der Waals surface area contributed by atoms with E-state index in [0.29, 0.717) is 22.7 Å². The number of nitrogens with zero attached hydrogens (tertiary/aromatic N) is 2. The SMILES string of the molecule is COc1ccccc1NC(=O)/C(C#N)=C\c1ccc(Oc2ccc(C(C)(C)C)cc2)c([N+](=O)[O-])c1. The number of para-hydroxylation sites is 2. The number of benzene rings is 3. The lowest BCUT2D eigenvalue weighted by molar-refractivity contribution is -0.385. The monoisotopic (exact) mass is 471 g/mol. The highest BCUT2D eigenvalue weighted by molar-refractivity contribution is 6.10. The molecular formula is C27H25N3O5. The standard InChI is InChI=1S/C27H25N3O5/c1-27(2,3)20-10-12-21(13-11-20)35-25-14-9-18(16-23(25)30(32)33)15-19(17-28)26(31)29-22-7-5-6-8-24(22)34-4/h5-16H,1-4H3,(H,29,31)/b19-15-. The van der Waals surface area contributed by atoms with Crippen LogP contribution in [0.2, 0.25) is 0 Å². The summed E-state index contributed by atoms with van der Waals surface area (Å²) < 4.78 is 11.0. The number of nitro groups is 1. The van der Waals surface area contributed by atoms with Crippen LogP contribution in [0.5, 0.6) is 17.2 Å². The number of ether oxygens (including phenoxy) is 2. The molecule has 8 nitrogen and oxygen atoms in total. The second-order valence-electron chi connectivity index (χ2n) is 8.68. The molecule has 0 aliphatic carbocycles. The van der Waals surface area contributed by atoms with Gasteiger partial charge in [0.2, 0.25) is 5.75 Å². The maximum Gasteiger partial charge on any atom is 0.312 e. The minimum absolute atomic E-state index is 0.0328. The predicted octanol–water partition coefficient (Wildman–Crippen LogP) is 6.24. The normalized spacial score (nSPS) is 11.3. The third kappa shape index (κ3) is 6.24. The van der Waals surface area contributed by atoms with Gasteiger partial charge in [0.1, 0.15) is 23.1 Å². The molecular weight excluding hydrogens is 446 g/mol. The van der Waals surface area contributed by atoms with E-state index in [4.69, 9.17) is 9.47 Å². The van der Waals surface area contributed by atoms with Crippen molar-refractivity contribution < 1.29 is 19.2 Å². The number of hydrogen-bond acceptors (Lipinski definition) is 6. The summed E-state index contributed by atoms with van der Waals surface area (Å²) in [6.07, 6.45) is 1.28. The lowest BCUT2D eigenvalue weighted by Gasteiger charge is -2.19. The number of methoxy groups -OCH3 is 1. The van der Waals surface area contributed by atoms with E-state index in [1.165, 1.54) is 25.3 Å². The first-order chi connectivity index (χ1) is 16.6. The smallest absolute Gasteiger partial charge is 0.312 e. The van der Waals surface area contributed by atoms with Gasteiger partial charge < -0.3 is 14.8 Å². The van der Waals surface area contributed by atoms with Crippen molar-refractivity contribution in [3.05, 3.63) is 93.5 Å². The molecule has 35 heavy (non-hydrogen) atoms. The summed E-state index contributed by atoms with van der Waals surface area (Å²) in [5.74, 6) is 0.274. The zero-order chi connectivity index (χ0) is 25.6. The van der Waals surface area contributed by atoms with Crippen LogP contribution in [0.25, 0.3) is 6.08 Å². The number of nitrogens with one attached hydrogen (secondary N) is 1. The van der Waals surface area contributed by atoms with Crippen LogP contribution in [0.3, 0.4) is 0 Å². The number of carbonyl (C=O) groups is 1. The van der Waals surface area contributed by atoms with Crippen LogP contribution in [-0.2, 0) is 10.2 Å². The van der Waals surface area contributed by atoms with Gasteiger partial charge in [-0.2, -0.15) is 5.26 Å². The second kappa shape index (κ2) is 10.5. The van der Waals surface area contributed by atoms with Crippen molar-refractivity contribution in [3.8, 4) is 23.3 Å². The van der Waals surface area contributed by atoms with Gasteiger partial charge in [0.25, 0.3) is 5.91 Å². The first-order valence-corrected chi connectivity index (χ1v) is 10.8. The molecule has 1 amide bonds. The Morgan fingerprint density at radius 2 is 1.74 bits per heavy atom. The zero-order valence-corrected chi connectivity index (χ0v) is 19.9. The number of anilines is 1. The fourth-order valence-corrected chi connectivity index (χ4v) is 3.26. The molecule has 0 saturated heterocycles. The Morgan fingerprint density at radius 1 is 1.06 bits per heavy atom. The molecule has 3 rings (SSSR count). The summed E-state index contributed by atoms with van der Waals surface area (Å²) in [7, 11) is 1.47. The summed E-state index contributed by atoms with van der Waals surface area (Å²) >= 11 is 0. The van der Waals surface area contributed by atoms with Gasteiger partial charge in [-0.25, -0.2) is 0 Å². The number of nitro benzene ring substituents is 1. The van der Waals surface area contributed by atoms with Gasteiger partial charge in [-0.15, -0.1) is 0 Å². The molecule has 0 radical (unpaired) electrons. The van der Waals surface area contributed by atoms with Crippen LogP contribution in [-0.4, -0.2) is 17.9 Å². The molecule has 0 bridgehead atoms. The molecule has 8 heteroatoms. The molecule has 0 fully saturated rings. The lowest BCUT2D eigenvalue weighted by Crippen LogP contribution is -2.14. The number of rotatable bonds is 7. The zero-order valence-electron chi connectivity index (χ0n) is 19.9. The van der Waals surface area contributed by atoms with E-state index in [9.17, 15) is 20.2 Å². The highest BCUT2D eigenvalue weighted by Gasteiger charge is 2.19. The molecule has 0 aromatic heterocycles. The van der Waals surface area contributed by atoms with Crippen molar-refractivity contribution in [3.63, 3.8) is 0 Å². The highest BCUT2D eigenvalue weighted by atomic mass is 16.6. The van der Waals surface area contributed by atoms with Crippen LogP contribution < -0.4 is 14.8 Å². The van der Waals surface area contributed by atoms with Gasteiger partial charge in [-0.05, 0) is 52.9 Å². The molecule has 0 aliphatic heterocycles. The Morgan fingerprint density at radius 3 is 2.34 bits per heavy atom. The maximum absolute atomic E-state index is 12.6. The van der Waals surface area contributed by atoms with Gasteiger partial charge in [-0.1, -0.05) is 51.1 Å². The summed E-state index contributed by atoms with van der Waals surface area (Å²) in [4.78, 5) is 23.8. The van der Waals surface area contributed by atoms with Gasteiger partial charge in [0.15, 0.2) is 0 Å². The van der Waals surface area contributed by atoms with Crippen molar-refractivity contribution in [1.29, 1.82) is 5.26 Å². The van der Waals surface area contributed by atoms with Gasteiger partial charge >= 0.3 is 5.69 Å². The number of nitriles is 1. The molecule has 178 valence electrons. The molecule has 0 atom stereocenters. The van der Waals surface area contributed by atoms with E-state index in [0.717, 1.165) is 5.56 Å². The highest BCUT2D eigenvalue weighted by Crippen LogP contribution is 2.34. The number of carbonyl (C=O) groups excluding carboxylic acids is 1. The first kappa shape index (κ1) is 25.0. The van der Waals surface area contributed by atoms with E-state index in [1.54, 1.807) is 42.5 Å². The molecule has 0 aliphatic rings. The quantitative estimate of drug-likeness (QED) is 0.189. The van der Waals surface area contributed by atoms with Crippen LogP contribution in [0.4, 0.5) is 11.4 Å². The van der Waals surface area contributed by atoms with Crippen molar-refractivity contribution >= 4 is 23.4 Å². The van der Waals surface area contributed by atoms with Crippen molar-refractivity contribution in [2.75, 3.05) is 12.4 Å². The molecule has 3 aromatic carbocycles. The Kier molecular flexibility index (Phi) is 7.52. The maximum atomic E-state index is 12.6. The molecule has 0 saturated carbocycles. The molecule has 0 heterocycles. The van der Waals surface area contributed by atoms with Crippen molar-refractivity contribution in [1.82, 2.24) is 0 Å². The molecule has 0 unspecified atom stereocenters. The summed E-state index contributed by atoms with van der Waals surface area (Å²) in [5, 5.41) is 23.8. The molecule has 0 spiro atoms. The summed E-state index contributed by atoms with van der Waals surface area (Å²) in [6, 6.07) is 20.2. The van der Waals surface area contributed by atoms with E-state index < -0.39 is 10.8 Å². The first-order valence-electron chi connectivity index (χ1n) is 10.8. The van der Waals surface area contributed by atoms with Crippen LogP contribution >= 0.6 is 0 Å². The van der Waals surface area contributed by atoms with Gasteiger partial charge in [-0.3, -0.25) is 14.9 Å². The molecule has 1 N–H and O–H groups in total. The van der Waals surface area contributed by atoms with Gasteiger partial charge in [0.05, 0.1) is 17.7 Å². The third-order valence-electron chi connectivity index (χ3n) is 5.16. The average molecular weight is 472 g/mol. The Bertz CT molecular complexity index is 1320. The topological polar surface area (TPSA) is 114 Å². The Hall–Kier alpha value is -4.64. The fourth-order valence-electron chi connectivity index (χ4n) is 3.26. The fraction of sp³-hybridized carbons (Fsp3) is 0.185. The van der Waals surface area contributed by atoms with Crippen LogP contribution in [0.1, 0.15) is 31.9 Å². The van der Waals surface area contributed by atoms with Crippen molar-refractivity contribution in [2.45, 2.75) is 26.2 Å². The number of amides is 1. The van der Waals surface area contributed by atoms with E-state index in [2.05, 4.69) is 26.1 Å². The van der Waals surface area contributed by atoms with E-state index in [-0.39, 0.29) is 22.4 Å². The Labute approximate surface area is 203 Å². The molecule has 3 aromatic rings. The minimum atomic E-state index is -0.668. The van der Waals surface area contributed by atoms with Gasteiger partial charge in [0, 0.05) is 6.07 Å². The third-order valence-corrected chi connectivity index (χ3v) is 5.16. The van der Waals surface area contributed by atoms with E-state index in [1.807, 2.05) is 18.2 Å². The van der Waals surface area contributed by atoms with Crippen molar-refractivity contribution in [2.24, 2.45) is 0 Å². The van der Waals surface area contributed by atoms with Crippen LogP contribution in [0, 0.1) is 21.4 Å². The summed E-state index contributed by atoms with van der Waals surface area (Å²) in [5.41, 5.74) is 1.26. The van der Waals surface area contributed by atoms with E-state index >= 15 is 0 Å². The summed E-state index contributed by atoms with van der Waals surface area (Å²) in [6.45, 7) is 6.27. The van der Waals surface area contributed by atoms with Crippen LogP contribution in [0.15, 0.2) is 72.3 Å². The largest absolute Gasteiger partial charge is 0.495 e. The predicted molar refractivity (Wildman–Crippen MR) is 134 cm³/mol. The number of hydrogen-bond donors (Lipinski definition) is 1. The Balaban J connectivity index is 1.86. The minimum Gasteiger partial charge on any atom is -0.495 e. The second-order valence-corrected chi connectivity index (χ2v) is 8.68.